The van der Waals surface area contributed by atoms with Gasteiger partial charge in [0, 0.05) is 6.54 Å². The van der Waals surface area contributed by atoms with E-state index in [-0.39, 0.29) is 18.6 Å². The van der Waals surface area contributed by atoms with Gasteiger partial charge in [0.05, 0.1) is 30.7 Å². The zero-order valence-corrected chi connectivity index (χ0v) is 18.4. The van der Waals surface area contributed by atoms with Crippen LogP contribution in [0.5, 0.6) is 5.75 Å². The van der Waals surface area contributed by atoms with Crippen molar-refractivity contribution in [1.82, 2.24) is 4.90 Å². The van der Waals surface area contributed by atoms with E-state index in [2.05, 4.69) is 10.5 Å². The first kappa shape index (κ1) is 21.3. The van der Waals surface area contributed by atoms with Crippen LogP contribution in [-0.2, 0) is 19.6 Å². The molecule has 0 spiro atoms. The number of hydrogen-bond acceptors (Lipinski definition) is 5. The lowest BCUT2D eigenvalue weighted by molar-refractivity contribution is -0.141. The van der Waals surface area contributed by atoms with Crippen LogP contribution in [0.2, 0.25) is 0 Å². The van der Waals surface area contributed by atoms with Gasteiger partial charge in [-0.2, -0.15) is 4.40 Å². The third-order valence-corrected chi connectivity index (χ3v) is 6.90. The van der Waals surface area contributed by atoms with Crippen molar-refractivity contribution in [1.29, 1.82) is 0 Å². The fourth-order valence-electron chi connectivity index (χ4n) is 4.87. The van der Waals surface area contributed by atoms with E-state index in [1.54, 1.807) is 11.8 Å². The van der Waals surface area contributed by atoms with Gasteiger partial charge in [-0.1, -0.05) is 18.2 Å². The Morgan fingerprint density at radius 1 is 1.13 bits per heavy atom. The molecular weight excluding hydrogens is 404 g/mol. The number of sulfonamides is 1. The third kappa shape index (κ3) is 4.70. The van der Waals surface area contributed by atoms with Crippen molar-refractivity contribution in [3.63, 3.8) is 0 Å². The highest BCUT2D eigenvalue weighted by molar-refractivity contribution is 7.89. The van der Waals surface area contributed by atoms with Crippen LogP contribution in [0.25, 0.3) is 0 Å². The third-order valence-electron chi connectivity index (χ3n) is 6.33. The quantitative estimate of drug-likeness (QED) is 0.678. The Labute approximate surface area is 178 Å². The SMILES string of the molecule is C[C@@H]1Oc2ccccc2C2CCC(CC2)OCC2/C(=N/S(C)(=O)=O)CCCN2C1=O. The number of nitrogens with zero attached hydrogens (tertiary/aromatic N) is 2. The molecule has 4 aliphatic rings. The molecule has 0 aromatic heterocycles. The molecule has 1 saturated heterocycles. The Kier molecular flexibility index (Phi) is 6.16. The molecule has 164 valence electrons. The minimum absolute atomic E-state index is 0.117. The Morgan fingerprint density at radius 2 is 1.87 bits per heavy atom. The number of carbonyl (C=O) groups excluding carboxylic acids is 1. The highest BCUT2D eigenvalue weighted by atomic mass is 32.2. The van der Waals surface area contributed by atoms with E-state index in [0.29, 0.717) is 31.0 Å². The first-order valence-electron chi connectivity index (χ1n) is 10.8. The molecule has 1 aliphatic carbocycles. The Morgan fingerprint density at radius 3 is 2.60 bits per heavy atom. The number of fused-ring (bicyclic) bond motifs is 5. The van der Waals surface area contributed by atoms with Crippen LogP contribution >= 0.6 is 0 Å². The molecule has 1 aromatic carbocycles. The summed E-state index contributed by atoms with van der Waals surface area (Å²) in [6, 6.07) is 7.51. The molecule has 1 amide bonds. The maximum Gasteiger partial charge on any atom is 0.263 e. The fourth-order valence-corrected chi connectivity index (χ4v) is 5.51. The van der Waals surface area contributed by atoms with E-state index < -0.39 is 22.2 Å². The van der Waals surface area contributed by atoms with Gasteiger partial charge < -0.3 is 14.4 Å². The first-order chi connectivity index (χ1) is 14.3. The number of para-hydroxylation sites is 1. The van der Waals surface area contributed by atoms with Crippen molar-refractivity contribution in [2.45, 2.75) is 69.6 Å². The molecule has 3 heterocycles. The molecule has 30 heavy (non-hydrogen) atoms. The number of ether oxygens (including phenoxy) is 2. The number of rotatable bonds is 1. The summed E-state index contributed by atoms with van der Waals surface area (Å²) >= 11 is 0. The Hall–Kier alpha value is -1.93. The number of amides is 1. The van der Waals surface area contributed by atoms with Crippen LogP contribution in [0.4, 0.5) is 0 Å². The average Bonchev–Trinajstić information content (AvgIpc) is 2.72. The van der Waals surface area contributed by atoms with Gasteiger partial charge in [0.25, 0.3) is 5.91 Å². The molecule has 2 fully saturated rings. The van der Waals surface area contributed by atoms with E-state index in [9.17, 15) is 13.2 Å². The van der Waals surface area contributed by atoms with Gasteiger partial charge >= 0.3 is 0 Å². The maximum absolute atomic E-state index is 13.3. The van der Waals surface area contributed by atoms with Crippen LogP contribution in [0, 0.1) is 0 Å². The van der Waals surface area contributed by atoms with E-state index in [1.165, 1.54) is 0 Å². The second kappa shape index (κ2) is 8.67. The van der Waals surface area contributed by atoms with Gasteiger partial charge in [-0.15, -0.1) is 0 Å². The Bertz CT molecular complexity index is 921. The molecule has 0 radical (unpaired) electrons. The van der Waals surface area contributed by atoms with Gasteiger partial charge in [0.15, 0.2) is 6.10 Å². The predicted octanol–water partition coefficient (Wildman–Crippen LogP) is 2.90. The monoisotopic (exact) mass is 434 g/mol. The maximum atomic E-state index is 13.3. The molecule has 7 nitrogen and oxygen atoms in total. The number of carbonyl (C=O) groups is 1. The van der Waals surface area contributed by atoms with Gasteiger partial charge in [0.1, 0.15) is 5.75 Å². The molecule has 8 heteroatoms. The minimum Gasteiger partial charge on any atom is -0.481 e. The highest BCUT2D eigenvalue weighted by Gasteiger charge is 2.37. The zero-order chi connectivity index (χ0) is 21.3. The van der Waals surface area contributed by atoms with Crippen molar-refractivity contribution in [2.24, 2.45) is 4.40 Å². The molecule has 1 aromatic rings. The average molecular weight is 435 g/mol. The summed E-state index contributed by atoms with van der Waals surface area (Å²) in [6.45, 7) is 2.57. The lowest BCUT2D eigenvalue weighted by atomic mass is 9.82. The molecule has 1 unspecified atom stereocenters. The smallest absolute Gasteiger partial charge is 0.263 e. The van der Waals surface area contributed by atoms with Crippen molar-refractivity contribution in [2.75, 3.05) is 19.4 Å². The minimum atomic E-state index is -3.55. The van der Waals surface area contributed by atoms with E-state index in [1.807, 2.05) is 18.2 Å². The van der Waals surface area contributed by atoms with Crippen molar-refractivity contribution in [3.8, 4) is 5.75 Å². The fraction of sp³-hybridized carbons (Fsp3) is 0.636. The predicted molar refractivity (Wildman–Crippen MR) is 114 cm³/mol. The first-order valence-corrected chi connectivity index (χ1v) is 12.6. The summed E-state index contributed by atoms with van der Waals surface area (Å²) in [6.07, 6.45) is 5.64. The highest BCUT2D eigenvalue weighted by Crippen LogP contribution is 2.39. The van der Waals surface area contributed by atoms with Gasteiger partial charge in [0.2, 0.25) is 10.0 Å². The van der Waals surface area contributed by atoms with Crippen LogP contribution in [0.3, 0.4) is 0 Å². The summed E-state index contributed by atoms with van der Waals surface area (Å²) in [5.74, 6) is 1.00. The largest absolute Gasteiger partial charge is 0.481 e. The van der Waals surface area contributed by atoms with Gasteiger partial charge in [-0.25, -0.2) is 8.42 Å². The van der Waals surface area contributed by atoms with Crippen molar-refractivity contribution < 1.29 is 22.7 Å². The second-order valence-corrected chi connectivity index (χ2v) is 10.2. The van der Waals surface area contributed by atoms with Gasteiger partial charge in [-0.3, -0.25) is 4.79 Å². The summed E-state index contributed by atoms with van der Waals surface area (Å²) in [4.78, 5) is 15.0. The Balaban J connectivity index is 1.70. The molecule has 1 saturated carbocycles. The molecule has 2 bridgehead atoms. The molecule has 3 aliphatic heterocycles. The molecular formula is C22H30N2O5S. The van der Waals surface area contributed by atoms with Crippen LogP contribution < -0.4 is 4.74 Å². The molecule has 0 N–H and O–H groups in total. The summed E-state index contributed by atoms with van der Waals surface area (Å²) < 4.78 is 40.1. The lowest BCUT2D eigenvalue weighted by Crippen LogP contribution is -2.55. The zero-order valence-electron chi connectivity index (χ0n) is 17.6. The van der Waals surface area contributed by atoms with E-state index in [4.69, 9.17) is 9.47 Å². The topological polar surface area (TPSA) is 85.3 Å². The van der Waals surface area contributed by atoms with Gasteiger partial charge in [-0.05, 0) is 63.0 Å². The number of hydrogen-bond donors (Lipinski definition) is 0. The van der Waals surface area contributed by atoms with Crippen LogP contribution in [0.1, 0.15) is 56.9 Å². The molecule has 5 rings (SSSR count). The summed E-state index contributed by atoms with van der Waals surface area (Å²) in [5, 5.41) is 0. The number of piperidine rings is 1. The van der Waals surface area contributed by atoms with Crippen LogP contribution in [0.15, 0.2) is 28.7 Å². The summed E-state index contributed by atoms with van der Waals surface area (Å²) in [7, 11) is -3.55. The van der Waals surface area contributed by atoms with Crippen molar-refractivity contribution >= 4 is 21.6 Å². The second-order valence-electron chi connectivity index (χ2n) is 8.57. The number of benzene rings is 1. The van der Waals surface area contributed by atoms with Crippen LogP contribution in [-0.4, -0.2) is 62.6 Å². The van der Waals surface area contributed by atoms with E-state index in [0.717, 1.165) is 43.3 Å². The standard InChI is InChI=1S/C22H30N2O5S/c1-15-22(25)24-13-5-7-19(23-30(2,26)27)20(24)14-28-17-11-9-16(10-12-17)18-6-3-4-8-21(18)29-15/h3-4,6,8,15-17,20H,5,7,9-14H2,1-2H3/b23-19+/t15-,16?,17?,20?/m0/s1. The molecule has 2 atom stereocenters. The van der Waals surface area contributed by atoms with E-state index >= 15 is 0 Å². The normalized spacial score (nSPS) is 31.7. The summed E-state index contributed by atoms with van der Waals surface area (Å²) in [5.41, 5.74) is 1.66. The van der Waals surface area contributed by atoms with Crippen molar-refractivity contribution in [3.05, 3.63) is 29.8 Å². The lowest BCUT2D eigenvalue weighted by Gasteiger charge is -2.38.